The van der Waals surface area contributed by atoms with E-state index in [9.17, 15) is 4.79 Å². The number of cyclic esters (lactones) is 1. The average molecular weight is 300 g/mol. The number of rotatable bonds is 4. The Morgan fingerprint density at radius 2 is 2.35 bits per heavy atom. The van der Waals surface area contributed by atoms with Gasteiger partial charge in [0, 0.05) is 17.6 Å². The van der Waals surface area contributed by atoms with Crippen LogP contribution < -0.4 is 0 Å². The molecule has 1 fully saturated rings. The van der Waals surface area contributed by atoms with Gasteiger partial charge in [-0.3, -0.25) is 0 Å². The van der Waals surface area contributed by atoms with Gasteiger partial charge in [-0.05, 0) is 24.1 Å². The van der Waals surface area contributed by atoms with Gasteiger partial charge in [0.05, 0.1) is 6.54 Å². The maximum atomic E-state index is 11.6. The molecule has 0 spiro atoms. The Labute approximate surface area is 108 Å². The highest BCUT2D eigenvalue weighted by molar-refractivity contribution is 9.10. The van der Waals surface area contributed by atoms with Crippen molar-refractivity contribution in [1.29, 1.82) is 0 Å². The summed E-state index contributed by atoms with van der Waals surface area (Å²) in [6, 6.07) is 7.75. The Balaban J connectivity index is 2.03. The molecule has 0 aliphatic carbocycles. The van der Waals surface area contributed by atoms with Crippen LogP contribution in [-0.4, -0.2) is 35.8 Å². The molecule has 92 valence electrons. The van der Waals surface area contributed by atoms with E-state index in [1.165, 1.54) is 0 Å². The molecule has 2 rings (SSSR count). The molecule has 1 unspecified atom stereocenters. The molecule has 0 radical (unpaired) electrons. The van der Waals surface area contributed by atoms with E-state index in [1.807, 2.05) is 24.3 Å². The smallest absolute Gasteiger partial charge is 0.410 e. The minimum atomic E-state index is -0.302. The van der Waals surface area contributed by atoms with Crippen LogP contribution in [-0.2, 0) is 4.74 Å². The summed E-state index contributed by atoms with van der Waals surface area (Å²) >= 11 is 3.39. The summed E-state index contributed by atoms with van der Waals surface area (Å²) in [5, 5.41) is 8.75. The van der Waals surface area contributed by atoms with Crippen molar-refractivity contribution < 1.29 is 14.6 Å². The van der Waals surface area contributed by atoms with Gasteiger partial charge >= 0.3 is 6.09 Å². The molecule has 17 heavy (non-hydrogen) atoms. The standard InChI is InChI=1S/C12H14BrNO3/c13-10-4-1-3-9(7-10)11-8-14(5-2-6-15)12(16)17-11/h1,3-4,7,11,15H,2,5-6,8H2. The molecular formula is C12H14BrNO3. The predicted octanol–water partition coefficient (Wildman–Crippen LogP) is 2.32. The topological polar surface area (TPSA) is 49.8 Å². The van der Waals surface area contributed by atoms with Crippen molar-refractivity contribution in [3.8, 4) is 0 Å². The molecule has 1 N–H and O–H groups in total. The number of hydrogen-bond acceptors (Lipinski definition) is 3. The van der Waals surface area contributed by atoms with Crippen molar-refractivity contribution in [3.63, 3.8) is 0 Å². The molecule has 5 heteroatoms. The monoisotopic (exact) mass is 299 g/mol. The minimum Gasteiger partial charge on any atom is -0.439 e. The zero-order valence-corrected chi connectivity index (χ0v) is 10.9. The van der Waals surface area contributed by atoms with Crippen molar-refractivity contribution in [2.24, 2.45) is 0 Å². The van der Waals surface area contributed by atoms with E-state index in [2.05, 4.69) is 15.9 Å². The second-order valence-electron chi connectivity index (χ2n) is 3.95. The number of aliphatic hydroxyl groups excluding tert-OH is 1. The molecule has 1 aliphatic rings. The van der Waals surface area contributed by atoms with Crippen molar-refractivity contribution in [2.45, 2.75) is 12.5 Å². The van der Waals surface area contributed by atoms with Gasteiger partial charge in [0.15, 0.2) is 0 Å². The highest BCUT2D eigenvalue weighted by Crippen LogP contribution is 2.27. The fourth-order valence-corrected chi connectivity index (χ4v) is 2.25. The predicted molar refractivity (Wildman–Crippen MR) is 66.6 cm³/mol. The lowest BCUT2D eigenvalue weighted by molar-refractivity contribution is 0.132. The summed E-state index contributed by atoms with van der Waals surface area (Å²) < 4.78 is 6.27. The lowest BCUT2D eigenvalue weighted by Gasteiger charge is -2.11. The molecule has 1 aromatic carbocycles. The molecule has 1 aliphatic heterocycles. The number of aliphatic hydroxyl groups is 1. The van der Waals surface area contributed by atoms with Gasteiger partial charge in [0.2, 0.25) is 0 Å². The zero-order chi connectivity index (χ0) is 12.3. The third kappa shape index (κ3) is 2.98. The fraction of sp³-hybridized carbons (Fsp3) is 0.417. The van der Waals surface area contributed by atoms with E-state index < -0.39 is 0 Å². The minimum absolute atomic E-state index is 0.0886. The Morgan fingerprint density at radius 1 is 1.53 bits per heavy atom. The van der Waals surface area contributed by atoms with Gasteiger partial charge in [-0.2, -0.15) is 0 Å². The van der Waals surface area contributed by atoms with Gasteiger partial charge < -0.3 is 14.7 Å². The van der Waals surface area contributed by atoms with Crippen LogP contribution in [0.2, 0.25) is 0 Å². The first-order valence-corrected chi connectivity index (χ1v) is 6.32. The van der Waals surface area contributed by atoms with E-state index in [0.29, 0.717) is 19.5 Å². The summed E-state index contributed by atoms with van der Waals surface area (Å²) in [6.07, 6.45) is 0.0717. The van der Waals surface area contributed by atoms with Crippen LogP contribution in [0.25, 0.3) is 0 Å². The molecule has 1 heterocycles. The second-order valence-corrected chi connectivity index (χ2v) is 4.87. The van der Waals surface area contributed by atoms with Gasteiger partial charge in [-0.15, -0.1) is 0 Å². The highest BCUT2D eigenvalue weighted by atomic mass is 79.9. The van der Waals surface area contributed by atoms with Crippen LogP contribution in [0.5, 0.6) is 0 Å². The van der Waals surface area contributed by atoms with Crippen LogP contribution in [0.1, 0.15) is 18.1 Å². The third-order valence-corrected chi connectivity index (χ3v) is 3.19. The van der Waals surface area contributed by atoms with Crippen LogP contribution in [0.4, 0.5) is 4.79 Å². The third-order valence-electron chi connectivity index (χ3n) is 2.69. The number of carbonyl (C=O) groups excluding carboxylic acids is 1. The van der Waals surface area contributed by atoms with Gasteiger partial charge in [0.1, 0.15) is 6.10 Å². The Hall–Kier alpha value is -1.07. The van der Waals surface area contributed by atoms with E-state index in [0.717, 1.165) is 10.0 Å². The van der Waals surface area contributed by atoms with Gasteiger partial charge in [-0.25, -0.2) is 4.79 Å². The first-order chi connectivity index (χ1) is 8.20. The summed E-state index contributed by atoms with van der Waals surface area (Å²) in [5.74, 6) is 0. The maximum Gasteiger partial charge on any atom is 0.410 e. The van der Waals surface area contributed by atoms with Gasteiger partial charge in [-0.1, -0.05) is 28.1 Å². The Morgan fingerprint density at radius 3 is 3.06 bits per heavy atom. The van der Waals surface area contributed by atoms with Crippen LogP contribution >= 0.6 is 15.9 Å². The molecule has 1 atom stereocenters. The Bertz CT molecular complexity index is 410. The lowest BCUT2D eigenvalue weighted by atomic mass is 10.1. The summed E-state index contributed by atoms with van der Waals surface area (Å²) in [6.45, 7) is 1.18. The summed E-state index contributed by atoms with van der Waals surface area (Å²) in [4.78, 5) is 13.2. The number of halogens is 1. The SMILES string of the molecule is O=C1OC(c2cccc(Br)c2)CN1CCCO. The number of hydrogen-bond donors (Lipinski definition) is 1. The van der Waals surface area contributed by atoms with Crippen molar-refractivity contribution in [1.82, 2.24) is 4.90 Å². The van der Waals surface area contributed by atoms with E-state index in [1.54, 1.807) is 4.90 Å². The first kappa shape index (κ1) is 12.4. The van der Waals surface area contributed by atoms with E-state index in [-0.39, 0.29) is 18.8 Å². The lowest BCUT2D eigenvalue weighted by Crippen LogP contribution is -2.26. The second kappa shape index (κ2) is 5.51. The first-order valence-electron chi connectivity index (χ1n) is 5.52. The number of benzene rings is 1. The molecule has 1 amide bonds. The zero-order valence-electron chi connectivity index (χ0n) is 9.30. The highest BCUT2D eigenvalue weighted by Gasteiger charge is 2.31. The van der Waals surface area contributed by atoms with Crippen LogP contribution in [0, 0.1) is 0 Å². The Kier molecular flexibility index (Phi) is 4.02. The summed E-state index contributed by atoms with van der Waals surface area (Å²) in [7, 11) is 0. The molecule has 0 aromatic heterocycles. The molecule has 0 bridgehead atoms. The van der Waals surface area contributed by atoms with E-state index in [4.69, 9.17) is 9.84 Å². The number of carbonyl (C=O) groups is 1. The number of ether oxygens (including phenoxy) is 1. The van der Waals surface area contributed by atoms with Gasteiger partial charge in [0.25, 0.3) is 0 Å². The van der Waals surface area contributed by atoms with E-state index >= 15 is 0 Å². The van der Waals surface area contributed by atoms with Crippen molar-refractivity contribution in [2.75, 3.05) is 19.7 Å². The maximum absolute atomic E-state index is 11.6. The molecule has 0 saturated carbocycles. The molecule has 4 nitrogen and oxygen atoms in total. The number of nitrogens with zero attached hydrogens (tertiary/aromatic N) is 1. The van der Waals surface area contributed by atoms with Crippen LogP contribution in [0.3, 0.4) is 0 Å². The van der Waals surface area contributed by atoms with Crippen molar-refractivity contribution in [3.05, 3.63) is 34.3 Å². The molecular weight excluding hydrogens is 286 g/mol. The summed E-state index contributed by atoms with van der Waals surface area (Å²) in [5.41, 5.74) is 0.985. The largest absolute Gasteiger partial charge is 0.439 e. The van der Waals surface area contributed by atoms with Crippen LogP contribution in [0.15, 0.2) is 28.7 Å². The molecule has 1 saturated heterocycles. The number of amides is 1. The molecule has 1 aromatic rings. The van der Waals surface area contributed by atoms with Crippen molar-refractivity contribution >= 4 is 22.0 Å². The fourth-order valence-electron chi connectivity index (χ4n) is 1.83. The quantitative estimate of drug-likeness (QED) is 0.928. The average Bonchev–Trinajstić information content (AvgIpc) is 2.68. The normalized spacial score (nSPS) is 19.5.